The van der Waals surface area contributed by atoms with Gasteiger partial charge in [0.05, 0.1) is 5.41 Å². The van der Waals surface area contributed by atoms with E-state index < -0.39 is 11.4 Å². The van der Waals surface area contributed by atoms with Gasteiger partial charge >= 0.3 is 5.97 Å². The van der Waals surface area contributed by atoms with Crippen LogP contribution < -0.4 is 0 Å². The maximum Gasteiger partial charge on any atom is 0.309 e. The van der Waals surface area contributed by atoms with Gasteiger partial charge in [0.15, 0.2) is 0 Å². The van der Waals surface area contributed by atoms with Crippen molar-refractivity contribution in [2.45, 2.75) is 51.6 Å². The third kappa shape index (κ3) is 2.91. The predicted octanol–water partition coefficient (Wildman–Crippen LogP) is 1.66. The van der Waals surface area contributed by atoms with Crippen LogP contribution in [-0.2, 0) is 14.3 Å². The summed E-state index contributed by atoms with van der Waals surface area (Å²) in [5.74, 6) is -0.675. The Labute approximate surface area is 113 Å². The second kappa shape index (κ2) is 5.90. The number of rotatable bonds is 3. The van der Waals surface area contributed by atoms with E-state index in [2.05, 4.69) is 0 Å². The maximum absolute atomic E-state index is 12.3. The fraction of sp³-hybridized carbons (Fsp3) is 0.857. The average Bonchev–Trinajstić information content (AvgIpc) is 2.47. The molecule has 1 amide bonds. The molecular formula is C14H23NO4. The first kappa shape index (κ1) is 14.3. The molecule has 0 spiro atoms. The van der Waals surface area contributed by atoms with E-state index in [9.17, 15) is 14.7 Å². The number of amides is 1. The van der Waals surface area contributed by atoms with E-state index >= 15 is 0 Å². The molecular weight excluding hydrogens is 246 g/mol. The van der Waals surface area contributed by atoms with Gasteiger partial charge in [0, 0.05) is 19.7 Å². The van der Waals surface area contributed by atoms with Gasteiger partial charge in [-0.2, -0.15) is 0 Å². The molecule has 1 atom stereocenters. The molecule has 2 aliphatic heterocycles. The number of hydrogen-bond donors (Lipinski definition) is 1. The van der Waals surface area contributed by atoms with E-state index in [0.29, 0.717) is 39.0 Å². The first-order valence-corrected chi connectivity index (χ1v) is 7.23. The molecule has 0 radical (unpaired) electrons. The van der Waals surface area contributed by atoms with Crippen molar-refractivity contribution >= 4 is 11.9 Å². The number of aliphatic carboxylic acids is 1. The summed E-state index contributed by atoms with van der Waals surface area (Å²) in [6.07, 6.45) is 4.30. The summed E-state index contributed by atoms with van der Waals surface area (Å²) in [6, 6.07) is 0. The van der Waals surface area contributed by atoms with Crippen molar-refractivity contribution in [2.75, 3.05) is 19.7 Å². The molecule has 5 heteroatoms. The smallest absolute Gasteiger partial charge is 0.309 e. The van der Waals surface area contributed by atoms with Crippen molar-refractivity contribution in [3.05, 3.63) is 0 Å². The third-order valence-electron chi connectivity index (χ3n) is 4.62. The van der Waals surface area contributed by atoms with Crippen LogP contribution in [0, 0.1) is 5.41 Å². The Hall–Kier alpha value is -1.10. The van der Waals surface area contributed by atoms with E-state index in [1.54, 1.807) is 4.90 Å². The minimum Gasteiger partial charge on any atom is -0.481 e. The third-order valence-corrected chi connectivity index (χ3v) is 4.62. The van der Waals surface area contributed by atoms with Crippen LogP contribution in [0.15, 0.2) is 0 Å². The normalized spacial score (nSPS) is 27.0. The molecule has 1 unspecified atom stereocenters. The van der Waals surface area contributed by atoms with Gasteiger partial charge in [0.1, 0.15) is 6.10 Å². The summed E-state index contributed by atoms with van der Waals surface area (Å²) in [6.45, 7) is 3.66. The fourth-order valence-electron chi connectivity index (χ4n) is 3.01. The number of ether oxygens (including phenoxy) is 1. The molecule has 0 aliphatic carbocycles. The Morgan fingerprint density at radius 3 is 2.47 bits per heavy atom. The van der Waals surface area contributed by atoms with Gasteiger partial charge in [0.2, 0.25) is 0 Å². The topological polar surface area (TPSA) is 66.8 Å². The number of nitrogens with zero attached hydrogens (tertiary/aromatic N) is 1. The molecule has 108 valence electrons. The van der Waals surface area contributed by atoms with E-state index in [4.69, 9.17) is 4.74 Å². The number of piperidine rings is 1. The zero-order chi connectivity index (χ0) is 13.9. The van der Waals surface area contributed by atoms with E-state index in [1.807, 2.05) is 6.92 Å². The number of carbonyl (C=O) groups excluding carboxylic acids is 1. The first-order valence-electron chi connectivity index (χ1n) is 7.23. The molecule has 1 N–H and O–H groups in total. The van der Waals surface area contributed by atoms with E-state index in [1.165, 1.54) is 0 Å². The van der Waals surface area contributed by atoms with Crippen LogP contribution in [0.1, 0.15) is 45.4 Å². The Bertz CT molecular complexity index is 341. The Morgan fingerprint density at radius 2 is 2.00 bits per heavy atom. The van der Waals surface area contributed by atoms with Crippen LogP contribution in [0.2, 0.25) is 0 Å². The highest BCUT2D eigenvalue weighted by atomic mass is 16.5. The molecule has 0 bridgehead atoms. The van der Waals surface area contributed by atoms with Crippen LogP contribution in [0.25, 0.3) is 0 Å². The number of carboxylic acid groups (broad SMARTS) is 1. The molecule has 0 aromatic carbocycles. The van der Waals surface area contributed by atoms with Crippen molar-refractivity contribution < 1.29 is 19.4 Å². The van der Waals surface area contributed by atoms with Crippen molar-refractivity contribution in [3.8, 4) is 0 Å². The number of carbonyl (C=O) groups is 2. The van der Waals surface area contributed by atoms with Gasteiger partial charge in [-0.05, 0) is 38.5 Å². The van der Waals surface area contributed by atoms with Gasteiger partial charge in [-0.3, -0.25) is 9.59 Å². The van der Waals surface area contributed by atoms with Crippen molar-refractivity contribution in [3.63, 3.8) is 0 Å². The molecule has 0 aromatic rings. The van der Waals surface area contributed by atoms with Crippen LogP contribution >= 0.6 is 0 Å². The van der Waals surface area contributed by atoms with Gasteiger partial charge in [-0.1, -0.05) is 6.92 Å². The molecule has 0 saturated carbocycles. The van der Waals surface area contributed by atoms with Gasteiger partial charge in [0.25, 0.3) is 5.91 Å². The lowest BCUT2D eigenvalue weighted by Crippen LogP contribution is -2.50. The summed E-state index contributed by atoms with van der Waals surface area (Å²) in [4.78, 5) is 25.4. The highest BCUT2D eigenvalue weighted by molar-refractivity contribution is 5.82. The maximum atomic E-state index is 12.3. The standard InChI is InChI=1S/C14H23NO4/c1-2-14(13(17)18)6-8-15(9-7-14)12(16)11-5-3-4-10-19-11/h11H,2-10H2,1H3,(H,17,18). The molecule has 19 heavy (non-hydrogen) atoms. The van der Waals surface area contributed by atoms with Gasteiger partial charge in [-0.25, -0.2) is 0 Å². The summed E-state index contributed by atoms with van der Waals surface area (Å²) in [5.41, 5.74) is -0.635. The van der Waals surface area contributed by atoms with Crippen LogP contribution in [-0.4, -0.2) is 47.7 Å². The summed E-state index contributed by atoms with van der Waals surface area (Å²) < 4.78 is 5.51. The van der Waals surface area contributed by atoms with Crippen molar-refractivity contribution in [1.82, 2.24) is 4.90 Å². The molecule has 2 rings (SSSR count). The van der Waals surface area contributed by atoms with Crippen LogP contribution in [0.3, 0.4) is 0 Å². The number of likely N-dealkylation sites (tertiary alicyclic amines) is 1. The second-order valence-electron chi connectivity index (χ2n) is 5.62. The lowest BCUT2D eigenvalue weighted by Gasteiger charge is -2.39. The molecule has 2 saturated heterocycles. The average molecular weight is 269 g/mol. The minimum absolute atomic E-state index is 0.0507. The SMILES string of the molecule is CCC1(C(=O)O)CCN(C(=O)C2CCCCO2)CC1. The highest BCUT2D eigenvalue weighted by Gasteiger charge is 2.41. The van der Waals surface area contributed by atoms with Gasteiger partial charge in [-0.15, -0.1) is 0 Å². The van der Waals surface area contributed by atoms with E-state index in [-0.39, 0.29) is 12.0 Å². The van der Waals surface area contributed by atoms with Gasteiger partial charge < -0.3 is 14.7 Å². The Balaban J connectivity index is 1.92. The van der Waals surface area contributed by atoms with Crippen LogP contribution in [0.4, 0.5) is 0 Å². The largest absolute Gasteiger partial charge is 0.481 e. The highest BCUT2D eigenvalue weighted by Crippen LogP contribution is 2.35. The second-order valence-corrected chi connectivity index (χ2v) is 5.62. The molecule has 2 fully saturated rings. The molecule has 5 nitrogen and oxygen atoms in total. The van der Waals surface area contributed by atoms with E-state index in [0.717, 1.165) is 19.3 Å². The van der Waals surface area contributed by atoms with Crippen molar-refractivity contribution in [1.29, 1.82) is 0 Å². The molecule has 0 aromatic heterocycles. The summed E-state index contributed by atoms with van der Waals surface area (Å²) in [5, 5.41) is 9.33. The molecule has 2 heterocycles. The summed E-state index contributed by atoms with van der Waals surface area (Å²) >= 11 is 0. The Kier molecular flexibility index (Phi) is 4.45. The summed E-state index contributed by atoms with van der Waals surface area (Å²) in [7, 11) is 0. The molecule has 2 aliphatic rings. The zero-order valence-corrected chi connectivity index (χ0v) is 11.6. The van der Waals surface area contributed by atoms with Crippen LogP contribution in [0.5, 0.6) is 0 Å². The predicted molar refractivity (Wildman–Crippen MR) is 69.8 cm³/mol. The lowest BCUT2D eigenvalue weighted by molar-refractivity contribution is -0.158. The zero-order valence-electron chi connectivity index (χ0n) is 11.6. The quantitative estimate of drug-likeness (QED) is 0.846. The first-order chi connectivity index (χ1) is 9.09. The number of hydrogen-bond acceptors (Lipinski definition) is 3. The minimum atomic E-state index is -0.726. The monoisotopic (exact) mass is 269 g/mol. The fourth-order valence-corrected chi connectivity index (χ4v) is 3.01. The van der Waals surface area contributed by atoms with Crippen molar-refractivity contribution in [2.24, 2.45) is 5.41 Å². The Morgan fingerprint density at radius 1 is 1.32 bits per heavy atom. The number of carboxylic acids is 1. The lowest BCUT2D eigenvalue weighted by atomic mass is 9.76.